The van der Waals surface area contributed by atoms with Gasteiger partial charge in [0.05, 0.1) is 11.0 Å². The number of hydrogen-bond acceptors (Lipinski definition) is 1. The van der Waals surface area contributed by atoms with Crippen LogP contribution in [0.2, 0.25) is 0 Å². The molecule has 0 saturated heterocycles. The highest BCUT2D eigenvalue weighted by Crippen LogP contribution is 2.31. The van der Waals surface area contributed by atoms with Crippen LogP contribution in [0.1, 0.15) is 11.7 Å². The lowest BCUT2D eigenvalue weighted by molar-refractivity contribution is 0.473. The van der Waals surface area contributed by atoms with Crippen LogP contribution in [0.25, 0.3) is 21.8 Å². The number of phenolic OH excluding ortho intramolecular Hbond substituents is 1. The average molecular weight is 338 g/mol. The molecular formula is C23H18N2O. The highest BCUT2D eigenvalue weighted by Gasteiger charge is 2.19. The zero-order chi connectivity index (χ0) is 17.5. The van der Waals surface area contributed by atoms with E-state index in [9.17, 15) is 5.11 Å². The second-order valence-corrected chi connectivity index (χ2v) is 6.53. The number of aromatic hydroxyl groups is 1. The predicted octanol–water partition coefficient (Wildman–Crippen LogP) is 5.40. The van der Waals surface area contributed by atoms with Crippen LogP contribution >= 0.6 is 0 Å². The first kappa shape index (κ1) is 14.8. The number of benzene rings is 3. The fraction of sp³-hybridized carbons (Fsp3) is 0.0435. The Hall–Kier alpha value is -3.46. The van der Waals surface area contributed by atoms with Crippen LogP contribution in [0, 0.1) is 0 Å². The Morgan fingerprint density at radius 1 is 0.577 bits per heavy atom. The van der Waals surface area contributed by atoms with Crippen LogP contribution in [0.15, 0.2) is 97.3 Å². The van der Waals surface area contributed by atoms with E-state index < -0.39 is 0 Å². The summed E-state index contributed by atoms with van der Waals surface area (Å²) >= 11 is 0. The van der Waals surface area contributed by atoms with Crippen molar-refractivity contribution < 1.29 is 5.11 Å². The average Bonchev–Trinajstić information content (AvgIpc) is 3.29. The first-order chi connectivity index (χ1) is 12.8. The largest absolute Gasteiger partial charge is 0.508 e. The molecular weight excluding hydrogens is 320 g/mol. The van der Waals surface area contributed by atoms with Crippen molar-refractivity contribution in [3.63, 3.8) is 0 Å². The summed E-state index contributed by atoms with van der Waals surface area (Å²) in [5, 5.41) is 12.2. The summed E-state index contributed by atoms with van der Waals surface area (Å²) in [6.45, 7) is 0. The van der Waals surface area contributed by atoms with Crippen molar-refractivity contribution >= 4 is 21.8 Å². The Kier molecular flexibility index (Phi) is 3.32. The van der Waals surface area contributed by atoms with Gasteiger partial charge in [0.15, 0.2) is 0 Å². The Labute approximate surface area is 151 Å². The molecule has 0 fully saturated rings. The molecule has 0 aliphatic rings. The summed E-state index contributed by atoms with van der Waals surface area (Å²) in [4.78, 5) is 0. The summed E-state index contributed by atoms with van der Waals surface area (Å²) in [6.07, 6.45) is 4.24. The molecule has 3 nitrogen and oxygen atoms in total. The van der Waals surface area contributed by atoms with Gasteiger partial charge >= 0.3 is 0 Å². The van der Waals surface area contributed by atoms with Gasteiger partial charge in [-0.05, 0) is 52.7 Å². The van der Waals surface area contributed by atoms with Gasteiger partial charge in [-0.25, -0.2) is 0 Å². The highest BCUT2D eigenvalue weighted by molar-refractivity contribution is 5.82. The predicted molar refractivity (Wildman–Crippen MR) is 106 cm³/mol. The van der Waals surface area contributed by atoms with Gasteiger partial charge in [0.25, 0.3) is 0 Å². The maximum Gasteiger partial charge on any atom is 0.136 e. The van der Waals surface area contributed by atoms with Gasteiger partial charge in [-0.3, -0.25) is 0 Å². The molecule has 0 aliphatic heterocycles. The van der Waals surface area contributed by atoms with Crippen LogP contribution in [-0.4, -0.2) is 14.2 Å². The van der Waals surface area contributed by atoms with Gasteiger partial charge in [0.2, 0.25) is 0 Å². The summed E-state index contributed by atoms with van der Waals surface area (Å²) in [5.41, 5.74) is 3.48. The third kappa shape index (κ3) is 2.29. The van der Waals surface area contributed by atoms with Crippen molar-refractivity contribution in [2.75, 3.05) is 0 Å². The van der Waals surface area contributed by atoms with Crippen molar-refractivity contribution in [2.24, 2.45) is 0 Å². The molecule has 0 saturated carbocycles. The normalized spacial score (nSPS) is 11.6. The molecule has 0 unspecified atom stereocenters. The van der Waals surface area contributed by atoms with Crippen molar-refractivity contribution in [1.29, 1.82) is 0 Å². The number of rotatable bonds is 3. The molecule has 0 spiro atoms. The molecule has 0 aliphatic carbocycles. The third-order valence-corrected chi connectivity index (χ3v) is 4.98. The van der Waals surface area contributed by atoms with Crippen LogP contribution in [0.3, 0.4) is 0 Å². The number of fused-ring (bicyclic) bond motifs is 2. The Bertz CT molecular complexity index is 1120. The zero-order valence-electron chi connectivity index (χ0n) is 14.2. The summed E-state index contributed by atoms with van der Waals surface area (Å²) in [6, 6.07) is 28.6. The van der Waals surface area contributed by atoms with E-state index in [4.69, 9.17) is 0 Å². The Balaban J connectivity index is 1.79. The van der Waals surface area contributed by atoms with E-state index in [1.54, 1.807) is 12.1 Å². The quantitative estimate of drug-likeness (QED) is 0.469. The van der Waals surface area contributed by atoms with Crippen molar-refractivity contribution in [2.45, 2.75) is 6.17 Å². The van der Waals surface area contributed by atoms with Gasteiger partial charge in [0.1, 0.15) is 11.9 Å². The maximum absolute atomic E-state index is 9.73. The second-order valence-electron chi connectivity index (χ2n) is 6.53. The van der Waals surface area contributed by atoms with E-state index in [-0.39, 0.29) is 11.9 Å². The van der Waals surface area contributed by atoms with Gasteiger partial charge in [0, 0.05) is 12.4 Å². The molecule has 2 aromatic heterocycles. The van der Waals surface area contributed by atoms with Crippen LogP contribution < -0.4 is 0 Å². The Morgan fingerprint density at radius 3 is 1.62 bits per heavy atom. The topological polar surface area (TPSA) is 30.1 Å². The van der Waals surface area contributed by atoms with E-state index in [0.717, 1.165) is 5.56 Å². The van der Waals surface area contributed by atoms with Crippen molar-refractivity contribution in [3.05, 3.63) is 103 Å². The molecule has 3 aromatic carbocycles. The minimum absolute atomic E-state index is 0.0320. The van der Waals surface area contributed by atoms with Gasteiger partial charge in [-0.1, -0.05) is 48.5 Å². The minimum atomic E-state index is -0.0320. The summed E-state index contributed by atoms with van der Waals surface area (Å²) in [5.74, 6) is 0.280. The number of aromatic nitrogens is 2. The Morgan fingerprint density at radius 2 is 1.08 bits per heavy atom. The standard InChI is InChI=1S/C23H18N2O/c26-20-11-9-19(10-12-20)23(24-15-13-17-5-1-3-7-21(17)24)25-16-14-18-6-2-4-8-22(18)25/h1-16,23,26H. The van der Waals surface area contributed by atoms with E-state index in [2.05, 4.69) is 82.2 Å². The molecule has 126 valence electrons. The molecule has 5 rings (SSSR count). The van der Waals surface area contributed by atoms with Crippen molar-refractivity contribution in [3.8, 4) is 5.75 Å². The first-order valence-electron chi connectivity index (χ1n) is 8.71. The molecule has 0 radical (unpaired) electrons. The molecule has 0 bridgehead atoms. The molecule has 3 heteroatoms. The van der Waals surface area contributed by atoms with E-state index in [0.29, 0.717) is 0 Å². The number of para-hydroxylation sites is 2. The van der Waals surface area contributed by atoms with E-state index in [1.807, 2.05) is 12.1 Å². The lowest BCUT2D eigenvalue weighted by atomic mass is 10.1. The van der Waals surface area contributed by atoms with Crippen molar-refractivity contribution in [1.82, 2.24) is 9.13 Å². The monoisotopic (exact) mass is 338 g/mol. The molecule has 5 aromatic rings. The number of phenols is 1. The van der Waals surface area contributed by atoms with Gasteiger partial charge in [-0.2, -0.15) is 0 Å². The molecule has 2 heterocycles. The van der Waals surface area contributed by atoms with Gasteiger partial charge in [-0.15, -0.1) is 0 Å². The third-order valence-electron chi connectivity index (χ3n) is 4.98. The molecule has 26 heavy (non-hydrogen) atoms. The lowest BCUT2D eigenvalue weighted by Gasteiger charge is -2.24. The molecule has 0 atom stereocenters. The lowest BCUT2D eigenvalue weighted by Crippen LogP contribution is -2.18. The second kappa shape index (κ2) is 5.81. The zero-order valence-corrected chi connectivity index (χ0v) is 14.2. The van der Waals surface area contributed by atoms with Crippen LogP contribution in [0.4, 0.5) is 0 Å². The summed E-state index contributed by atoms with van der Waals surface area (Å²) in [7, 11) is 0. The SMILES string of the molecule is Oc1ccc(C(n2ccc3ccccc32)n2ccc3ccccc32)cc1. The van der Waals surface area contributed by atoms with E-state index >= 15 is 0 Å². The van der Waals surface area contributed by atoms with Gasteiger partial charge < -0.3 is 14.2 Å². The molecule has 0 amide bonds. The fourth-order valence-electron chi connectivity index (χ4n) is 3.74. The minimum Gasteiger partial charge on any atom is -0.508 e. The summed E-state index contributed by atoms with van der Waals surface area (Å²) < 4.78 is 4.57. The van der Waals surface area contributed by atoms with E-state index in [1.165, 1.54) is 21.8 Å². The number of nitrogens with zero attached hydrogens (tertiary/aromatic N) is 2. The maximum atomic E-state index is 9.73. The highest BCUT2D eigenvalue weighted by atomic mass is 16.3. The van der Waals surface area contributed by atoms with Crippen LogP contribution in [-0.2, 0) is 0 Å². The fourth-order valence-corrected chi connectivity index (χ4v) is 3.74. The first-order valence-corrected chi connectivity index (χ1v) is 8.71. The van der Waals surface area contributed by atoms with Crippen LogP contribution in [0.5, 0.6) is 5.75 Å². The smallest absolute Gasteiger partial charge is 0.136 e. The number of hydrogen-bond donors (Lipinski definition) is 1. The molecule has 1 N–H and O–H groups in total.